The molecular formula is C56H58O12S4-4. The van der Waals surface area contributed by atoms with Gasteiger partial charge < -0.3 is 18.2 Å². The molecule has 0 N–H and O–H groups in total. The minimum Gasteiger partial charge on any atom is -0.748 e. The van der Waals surface area contributed by atoms with Crippen LogP contribution in [0.5, 0.6) is 0 Å². The summed E-state index contributed by atoms with van der Waals surface area (Å²) in [4.78, 5) is 0. The van der Waals surface area contributed by atoms with Crippen molar-refractivity contribution in [3.8, 4) is 55.6 Å². The van der Waals surface area contributed by atoms with E-state index in [0.29, 0.717) is 51.4 Å². The molecule has 0 fully saturated rings. The predicted octanol–water partition coefficient (Wildman–Crippen LogP) is 10.7. The molecule has 0 amide bonds. The Morgan fingerprint density at radius 3 is 0.833 bits per heavy atom. The average Bonchev–Trinajstić information content (AvgIpc) is 3.73. The monoisotopic (exact) mass is 1050 g/mol. The number of fused-ring (bicyclic) bond motifs is 6. The van der Waals surface area contributed by atoms with E-state index in [2.05, 4.69) is 78.9 Å². The van der Waals surface area contributed by atoms with Gasteiger partial charge in [-0.25, -0.2) is 33.7 Å². The van der Waals surface area contributed by atoms with Gasteiger partial charge in [-0.1, -0.05) is 140 Å². The molecule has 16 heteroatoms. The molecule has 0 spiro atoms. The van der Waals surface area contributed by atoms with Gasteiger partial charge in [0.05, 0.1) is 40.5 Å². The Labute approximate surface area is 425 Å². The summed E-state index contributed by atoms with van der Waals surface area (Å²) in [6.45, 7) is 4.01. The molecule has 6 aromatic carbocycles. The van der Waals surface area contributed by atoms with Crippen molar-refractivity contribution in [2.45, 2.75) is 102 Å². The van der Waals surface area contributed by atoms with Crippen LogP contribution in [0.3, 0.4) is 0 Å². The van der Waals surface area contributed by atoms with E-state index in [0.717, 1.165) is 89.0 Å². The predicted molar refractivity (Wildman–Crippen MR) is 278 cm³/mol. The van der Waals surface area contributed by atoms with E-state index < -0.39 is 74.3 Å². The van der Waals surface area contributed by atoms with E-state index >= 15 is 0 Å². The fourth-order valence-electron chi connectivity index (χ4n) is 11.4. The highest BCUT2D eigenvalue weighted by atomic mass is 32.2. The topological polar surface area (TPSA) is 229 Å². The quantitative estimate of drug-likeness (QED) is 0.0431. The molecule has 72 heavy (non-hydrogen) atoms. The Morgan fingerprint density at radius 1 is 0.306 bits per heavy atom. The van der Waals surface area contributed by atoms with E-state index in [1.165, 1.54) is 0 Å². The summed E-state index contributed by atoms with van der Waals surface area (Å²) >= 11 is 0. The molecule has 0 saturated heterocycles. The number of unbranched alkanes of at least 4 members (excludes halogenated alkanes) is 4. The Balaban J connectivity index is 1.17. The Morgan fingerprint density at radius 2 is 0.542 bits per heavy atom. The normalized spacial score (nSPS) is 14.7. The first-order valence-corrected chi connectivity index (χ1v) is 30.7. The second-order valence-corrected chi connectivity index (χ2v) is 25.9. The molecule has 6 aromatic rings. The van der Waals surface area contributed by atoms with Crippen molar-refractivity contribution in [1.82, 2.24) is 0 Å². The minimum absolute atomic E-state index is 0.152. The van der Waals surface area contributed by atoms with Crippen molar-refractivity contribution in [2.75, 3.05) is 23.0 Å². The molecule has 382 valence electrons. The van der Waals surface area contributed by atoms with E-state index in [4.69, 9.17) is 0 Å². The lowest BCUT2D eigenvalue weighted by atomic mass is 9.70. The molecule has 8 rings (SSSR count). The second kappa shape index (κ2) is 21.1. The zero-order valence-corrected chi connectivity index (χ0v) is 43.7. The van der Waals surface area contributed by atoms with E-state index in [9.17, 15) is 51.9 Å². The van der Waals surface area contributed by atoms with Crippen LogP contribution in [0.1, 0.15) is 110 Å². The molecule has 0 aliphatic heterocycles. The third-order valence-electron chi connectivity index (χ3n) is 14.8. The van der Waals surface area contributed by atoms with Gasteiger partial charge in [0.1, 0.15) is 0 Å². The number of hydrogen-bond donors (Lipinski definition) is 0. The molecule has 0 heterocycles. The minimum atomic E-state index is -4.46. The Hall–Kier alpha value is -5.04. The highest BCUT2D eigenvalue weighted by Crippen LogP contribution is 2.57. The van der Waals surface area contributed by atoms with Crippen LogP contribution >= 0.6 is 0 Å². The van der Waals surface area contributed by atoms with Crippen molar-refractivity contribution < 1.29 is 51.9 Å². The highest BCUT2D eigenvalue weighted by Gasteiger charge is 2.44. The molecule has 0 saturated carbocycles. The summed E-state index contributed by atoms with van der Waals surface area (Å²) in [6, 6.07) is 41.6. The summed E-state index contributed by atoms with van der Waals surface area (Å²) in [5.41, 5.74) is 14.6. The number of rotatable bonds is 23. The molecule has 0 atom stereocenters. The maximum atomic E-state index is 11.7. The van der Waals surface area contributed by atoms with Crippen molar-refractivity contribution in [2.24, 2.45) is 0 Å². The second-order valence-electron chi connectivity index (χ2n) is 19.8. The Kier molecular flexibility index (Phi) is 15.6. The lowest BCUT2D eigenvalue weighted by Gasteiger charge is -2.33. The van der Waals surface area contributed by atoms with Crippen molar-refractivity contribution >= 4 is 40.5 Å². The maximum absolute atomic E-state index is 11.7. The third kappa shape index (κ3) is 12.3. The van der Waals surface area contributed by atoms with E-state index in [-0.39, 0.29) is 25.7 Å². The number of aryl methyl sites for hydroxylation is 2. The van der Waals surface area contributed by atoms with Crippen molar-refractivity contribution in [3.05, 3.63) is 155 Å². The van der Waals surface area contributed by atoms with Crippen molar-refractivity contribution in [3.63, 3.8) is 0 Å². The van der Waals surface area contributed by atoms with Crippen LogP contribution in [0.4, 0.5) is 0 Å². The van der Waals surface area contributed by atoms with Crippen LogP contribution in [0.15, 0.2) is 121 Å². The first-order chi connectivity index (χ1) is 33.9. The van der Waals surface area contributed by atoms with Gasteiger partial charge in [-0.3, -0.25) is 0 Å². The summed E-state index contributed by atoms with van der Waals surface area (Å²) in [7, 11) is -17.8. The van der Waals surface area contributed by atoms with E-state index in [1.807, 2.05) is 56.3 Å². The lowest BCUT2D eigenvalue weighted by Crippen LogP contribution is -2.26. The first-order valence-electron chi connectivity index (χ1n) is 24.4. The van der Waals surface area contributed by atoms with Gasteiger partial charge in [-0.15, -0.1) is 0 Å². The first kappa shape index (κ1) is 53.3. The van der Waals surface area contributed by atoms with Crippen LogP contribution in [0.2, 0.25) is 0 Å². The molecule has 2 aliphatic carbocycles. The highest BCUT2D eigenvalue weighted by molar-refractivity contribution is 7.86. The molecule has 2 aliphatic rings. The molecule has 0 aromatic heterocycles. The molecule has 0 bridgehead atoms. The van der Waals surface area contributed by atoms with Gasteiger partial charge in [-0.2, -0.15) is 0 Å². The van der Waals surface area contributed by atoms with E-state index in [1.54, 1.807) is 0 Å². The van der Waals surface area contributed by atoms with Crippen LogP contribution in [-0.4, -0.2) is 74.9 Å². The van der Waals surface area contributed by atoms with Crippen LogP contribution in [0, 0.1) is 13.8 Å². The van der Waals surface area contributed by atoms with Gasteiger partial charge in [0.2, 0.25) is 0 Å². The van der Waals surface area contributed by atoms with Crippen LogP contribution < -0.4 is 0 Å². The third-order valence-corrected chi connectivity index (χ3v) is 18.0. The zero-order chi connectivity index (χ0) is 51.7. The van der Waals surface area contributed by atoms with Gasteiger partial charge in [0, 0.05) is 33.8 Å². The summed E-state index contributed by atoms with van der Waals surface area (Å²) < 4.78 is 140. The summed E-state index contributed by atoms with van der Waals surface area (Å²) in [6.07, 6.45) is 4.28. The number of hydrogen-bond acceptors (Lipinski definition) is 12. The van der Waals surface area contributed by atoms with Crippen LogP contribution in [-0.2, 0) is 51.3 Å². The SMILES string of the molecule is Cc1ccc(-c2ccc3c(c2)C(CCCCS(=O)(=O)[O-])(CCCCS(=O)(=O)[O-])c2cc(-c4ccc(-c5ccc6c(c5)C(CCCCS(=O)(=O)[O-])(CCCCS(=O)(=O)[O-])c5cc(C)ccc5-6)cc4)ccc2-3)cc1. The van der Waals surface area contributed by atoms with Gasteiger partial charge in [0.25, 0.3) is 0 Å². The molecule has 0 radical (unpaired) electrons. The fraction of sp³-hybridized carbons (Fsp3) is 0.357. The average molecular weight is 1050 g/mol. The fourth-order valence-corrected chi connectivity index (χ4v) is 13.6. The molecule has 0 unspecified atom stereocenters. The smallest absolute Gasteiger partial charge is 0.0945 e. The maximum Gasteiger partial charge on any atom is 0.0945 e. The van der Waals surface area contributed by atoms with Crippen molar-refractivity contribution in [1.29, 1.82) is 0 Å². The number of benzene rings is 6. The molecule has 12 nitrogen and oxygen atoms in total. The molecular weight excluding hydrogens is 993 g/mol. The largest absolute Gasteiger partial charge is 0.748 e. The van der Waals surface area contributed by atoms with Crippen LogP contribution in [0.25, 0.3) is 55.6 Å². The summed E-state index contributed by atoms with van der Waals surface area (Å²) in [5.74, 6) is -1.99. The summed E-state index contributed by atoms with van der Waals surface area (Å²) in [5, 5.41) is 0. The Bertz CT molecular complexity index is 3360. The zero-order valence-electron chi connectivity index (χ0n) is 40.4. The lowest BCUT2D eigenvalue weighted by molar-refractivity contribution is 0.407. The van der Waals surface area contributed by atoms with Gasteiger partial charge in [0.15, 0.2) is 0 Å². The van der Waals surface area contributed by atoms with Gasteiger partial charge in [-0.05, 0) is 161 Å². The van der Waals surface area contributed by atoms with Gasteiger partial charge >= 0.3 is 0 Å². The standard InChI is InChI=1S/C56H62O12S4/c1-39-11-14-41(15-12-39)44-20-25-49-50-26-22-46(38-54(50)56(53(49)36-44,29-5-9-33-71(63,64)65)30-6-10-34-72(66,67)68)43-18-16-42(17-19-43)45-21-24-48-47-23-13-40(2)35-51(47)55(52(48)37-45,27-3-7-31-69(57,58)59)28-4-8-32-70(60,61)62/h11-26,35-38H,3-10,27-34H2,1-2H3,(H,57,58,59)(H,60,61,62)(H,63,64,65)(H,66,67,68)/p-4.